The quantitative estimate of drug-likeness (QED) is 0.492. The summed E-state index contributed by atoms with van der Waals surface area (Å²) in [5.41, 5.74) is 6.53. The zero-order valence-corrected chi connectivity index (χ0v) is 10.2. The van der Waals surface area contributed by atoms with Crippen molar-refractivity contribution in [2.24, 2.45) is 0 Å². The van der Waals surface area contributed by atoms with Gasteiger partial charge >= 0.3 is 21.7 Å². The molecule has 68 valence electrons. The summed E-state index contributed by atoms with van der Waals surface area (Å²) in [6, 6.07) is 2.40. The largest absolute Gasteiger partial charge is 2.00 e. The molecule has 1 heteroatoms. The van der Waals surface area contributed by atoms with E-state index in [1.165, 1.54) is 32.1 Å². The second kappa shape index (κ2) is 4.53. The first-order chi connectivity index (χ1) is 5.83. The Morgan fingerprint density at radius 3 is 2.69 bits per heavy atom. The Morgan fingerprint density at radius 2 is 2.00 bits per heavy atom. The van der Waals surface area contributed by atoms with Gasteiger partial charge in [0.1, 0.15) is 0 Å². The molecule has 1 aromatic rings. The fraction of sp³-hybridized carbons (Fsp3) is 0.583. The molecular formula is C12H17Ti+. The monoisotopic (exact) mass is 209 g/mol. The Kier molecular flexibility index (Phi) is 3.88. The molecule has 0 radical (unpaired) electrons. The maximum absolute atomic E-state index is 2.40. The Balaban J connectivity index is 0.000000845. The van der Waals surface area contributed by atoms with E-state index in [2.05, 4.69) is 19.9 Å². The molecule has 13 heavy (non-hydrogen) atoms. The fourth-order valence-electron chi connectivity index (χ4n) is 2.45. The van der Waals surface area contributed by atoms with Crippen LogP contribution in [0.2, 0.25) is 0 Å². The second-order valence-electron chi connectivity index (χ2n) is 3.87. The summed E-state index contributed by atoms with van der Waals surface area (Å²) in [4.78, 5) is 0. The van der Waals surface area contributed by atoms with Crippen LogP contribution in [0, 0.1) is 6.92 Å². The third kappa shape index (κ3) is 1.95. The van der Waals surface area contributed by atoms with Crippen molar-refractivity contribution in [3.05, 3.63) is 28.3 Å². The van der Waals surface area contributed by atoms with E-state index < -0.39 is 0 Å². The van der Waals surface area contributed by atoms with Gasteiger partial charge in [-0.05, 0) is 0 Å². The third-order valence-electron chi connectivity index (χ3n) is 3.10. The van der Waals surface area contributed by atoms with Crippen LogP contribution in [0.3, 0.4) is 0 Å². The number of hydrogen-bond donors (Lipinski definition) is 0. The molecular weight excluding hydrogens is 192 g/mol. The number of aryl methyl sites for hydroxylation is 2. The minimum atomic E-state index is 0. The van der Waals surface area contributed by atoms with Crippen LogP contribution in [-0.2, 0) is 41.0 Å². The molecule has 0 saturated carbocycles. The molecule has 0 unspecified atom stereocenters. The minimum absolute atomic E-state index is 0. The Labute approximate surface area is 96.0 Å². The molecule has 0 bridgehead atoms. The van der Waals surface area contributed by atoms with Crippen LogP contribution >= 0.6 is 0 Å². The third-order valence-corrected chi connectivity index (χ3v) is 3.10. The summed E-state index contributed by atoms with van der Waals surface area (Å²) >= 11 is 0. The molecule has 2 rings (SSSR count). The topological polar surface area (TPSA) is 0 Å². The van der Waals surface area contributed by atoms with Gasteiger partial charge in [-0.2, -0.15) is 28.3 Å². The molecule has 0 N–H and O–H groups in total. The number of hydrogen-bond acceptors (Lipinski definition) is 0. The maximum atomic E-state index is 2.40. The first-order valence-corrected chi connectivity index (χ1v) is 5.10. The molecule has 0 amide bonds. The molecule has 0 spiro atoms. The van der Waals surface area contributed by atoms with Crippen LogP contribution in [0.1, 0.15) is 42.0 Å². The van der Waals surface area contributed by atoms with E-state index in [9.17, 15) is 0 Å². The minimum Gasteiger partial charge on any atom is -0.198 e. The molecule has 0 nitrogen and oxygen atoms in total. The van der Waals surface area contributed by atoms with Gasteiger partial charge in [-0.15, -0.1) is 0 Å². The fourth-order valence-corrected chi connectivity index (χ4v) is 2.45. The van der Waals surface area contributed by atoms with Crippen molar-refractivity contribution in [1.29, 1.82) is 0 Å². The van der Waals surface area contributed by atoms with E-state index in [1.807, 2.05) is 0 Å². The van der Waals surface area contributed by atoms with Crippen molar-refractivity contribution < 1.29 is 21.7 Å². The summed E-state index contributed by atoms with van der Waals surface area (Å²) < 4.78 is 0. The first-order valence-electron chi connectivity index (χ1n) is 5.10. The maximum Gasteiger partial charge on any atom is 2.00 e. The molecule has 0 atom stereocenters. The molecule has 0 fully saturated rings. The van der Waals surface area contributed by atoms with Crippen LogP contribution in [0.25, 0.3) is 0 Å². The van der Waals surface area contributed by atoms with Crippen LogP contribution in [0.15, 0.2) is 6.07 Å². The van der Waals surface area contributed by atoms with Crippen molar-refractivity contribution in [2.45, 2.75) is 46.0 Å². The standard InChI is InChI=1S/C12H17.Ti/c1-3-10-8-9(2)11-6-4-5-7-12(10)11;/h8H,3-7H2,1-2H3;/q-1;+2. The number of fused-ring (bicyclic) bond motifs is 1. The predicted molar refractivity (Wildman–Crippen MR) is 52.8 cm³/mol. The summed E-state index contributed by atoms with van der Waals surface area (Å²) in [5, 5.41) is 0. The molecule has 1 aliphatic carbocycles. The Bertz CT molecular complexity index is 284. The van der Waals surface area contributed by atoms with Crippen LogP contribution in [-0.4, -0.2) is 0 Å². The van der Waals surface area contributed by atoms with Crippen molar-refractivity contribution in [2.75, 3.05) is 0 Å². The van der Waals surface area contributed by atoms with Crippen molar-refractivity contribution in [3.63, 3.8) is 0 Å². The van der Waals surface area contributed by atoms with E-state index in [0.29, 0.717) is 0 Å². The molecule has 0 saturated heterocycles. The van der Waals surface area contributed by atoms with E-state index >= 15 is 0 Å². The Hall–Kier alpha value is 0.0643. The van der Waals surface area contributed by atoms with E-state index in [0.717, 1.165) is 0 Å². The van der Waals surface area contributed by atoms with Gasteiger partial charge in [0, 0.05) is 0 Å². The second-order valence-corrected chi connectivity index (χ2v) is 3.87. The van der Waals surface area contributed by atoms with Gasteiger partial charge in [0.25, 0.3) is 0 Å². The van der Waals surface area contributed by atoms with Crippen molar-refractivity contribution in [1.82, 2.24) is 0 Å². The van der Waals surface area contributed by atoms with Gasteiger partial charge in [-0.3, -0.25) is 0 Å². The number of rotatable bonds is 1. The van der Waals surface area contributed by atoms with E-state index in [-0.39, 0.29) is 21.7 Å². The average Bonchev–Trinajstić information content (AvgIpc) is 2.44. The van der Waals surface area contributed by atoms with Gasteiger partial charge < -0.3 is 0 Å². The zero-order valence-electron chi connectivity index (χ0n) is 8.61. The van der Waals surface area contributed by atoms with Crippen LogP contribution < -0.4 is 0 Å². The molecule has 0 aliphatic heterocycles. The normalized spacial score (nSPS) is 14.9. The summed E-state index contributed by atoms with van der Waals surface area (Å²) in [7, 11) is 0. The Morgan fingerprint density at radius 1 is 1.31 bits per heavy atom. The van der Waals surface area contributed by atoms with Crippen LogP contribution in [0.4, 0.5) is 0 Å². The van der Waals surface area contributed by atoms with Crippen LogP contribution in [0.5, 0.6) is 0 Å². The van der Waals surface area contributed by atoms with Gasteiger partial charge in [0.15, 0.2) is 0 Å². The van der Waals surface area contributed by atoms with Crippen molar-refractivity contribution in [3.8, 4) is 0 Å². The van der Waals surface area contributed by atoms with Gasteiger partial charge in [0.2, 0.25) is 0 Å². The van der Waals surface area contributed by atoms with E-state index in [1.54, 1.807) is 22.3 Å². The smallest absolute Gasteiger partial charge is 0.198 e. The summed E-state index contributed by atoms with van der Waals surface area (Å²) in [5.74, 6) is 0. The van der Waals surface area contributed by atoms with E-state index in [4.69, 9.17) is 0 Å². The first kappa shape index (κ1) is 11.1. The van der Waals surface area contributed by atoms with Gasteiger partial charge in [0.05, 0.1) is 0 Å². The van der Waals surface area contributed by atoms with Crippen molar-refractivity contribution >= 4 is 0 Å². The SMILES string of the molecule is CC[c-]1cc(C)c2c1CCCC2.[Ti+2]. The molecule has 0 aromatic heterocycles. The molecule has 1 aromatic carbocycles. The van der Waals surface area contributed by atoms with Gasteiger partial charge in [-0.1, -0.05) is 46.0 Å². The average molecular weight is 209 g/mol. The van der Waals surface area contributed by atoms with Gasteiger partial charge in [-0.25, -0.2) is 0 Å². The molecule has 0 heterocycles. The molecule has 1 aliphatic rings. The zero-order chi connectivity index (χ0) is 8.55. The summed E-state index contributed by atoms with van der Waals surface area (Å²) in [6.45, 7) is 4.53. The summed E-state index contributed by atoms with van der Waals surface area (Å²) in [6.07, 6.45) is 6.70. The predicted octanol–water partition coefficient (Wildman–Crippen LogP) is 3.15.